The number of para-hydroxylation sites is 3. The van der Waals surface area contributed by atoms with Crippen LogP contribution in [-0.2, 0) is 0 Å². The van der Waals surface area contributed by atoms with E-state index in [1.807, 2.05) is 0 Å². The molecule has 0 saturated carbocycles. The molecule has 0 spiro atoms. The van der Waals surface area contributed by atoms with Crippen molar-refractivity contribution in [1.82, 2.24) is 9.13 Å². The van der Waals surface area contributed by atoms with E-state index in [1.165, 1.54) is 71.6 Å². The van der Waals surface area contributed by atoms with Gasteiger partial charge in [-0.25, -0.2) is 4.99 Å². The lowest BCUT2D eigenvalue weighted by molar-refractivity contribution is -0.586. The Morgan fingerprint density at radius 2 is 1.22 bits per heavy atom. The molecule has 2 atom stereocenters. The summed E-state index contributed by atoms with van der Waals surface area (Å²) in [5.41, 5.74) is 13.0. The van der Waals surface area contributed by atoms with E-state index in [-0.39, 0.29) is 17.6 Å². The molecule has 55 heavy (non-hydrogen) atoms. The second kappa shape index (κ2) is 12.6. The number of fused-ring (bicyclic) bond motifs is 6. The maximum Gasteiger partial charge on any atom is 0.235 e. The fourth-order valence-electron chi connectivity index (χ4n) is 9.48. The summed E-state index contributed by atoms with van der Waals surface area (Å²) in [5, 5.41) is 7.26. The van der Waals surface area contributed by atoms with Crippen molar-refractivity contribution >= 4 is 55.3 Å². The molecule has 2 aromatic heterocycles. The molecular formula is C50H44N5+. The van der Waals surface area contributed by atoms with Crippen molar-refractivity contribution in [2.24, 2.45) is 15.4 Å². The average Bonchev–Trinajstić information content (AvgIpc) is 3.70. The third-order valence-corrected chi connectivity index (χ3v) is 11.8. The molecule has 6 aromatic carbocycles. The number of nitrogens with two attached hydrogens (primary N) is 1. The monoisotopic (exact) mass is 714 g/mol. The summed E-state index contributed by atoms with van der Waals surface area (Å²) in [6.07, 6.45) is 6.54. The first kappa shape index (κ1) is 33.3. The van der Waals surface area contributed by atoms with Crippen LogP contribution in [0.2, 0.25) is 0 Å². The van der Waals surface area contributed by atoms with Crippen LogP contribution in [0.4, 0.5) is 0 Å². The maximum absolute atomic E-state index is 5.68. The summed E-state index contributed by atoms with van der Waals surface area (Å²) >= 11 is 0. The largest absolute Gasteiger partial charge is 0.332 e. The highest BCUT2D eigenvalue weighted by Gasteiger charge is 2.38. The molecule has 0 fully saturated rings. The molecule has 268 valence electrons. The van der Waals surface area contributed by atoms with Crippen LogP contribution in [0.3, 0.4) is 0 Å². The van der Waals surface area contributed by atoms with Crippen LogP contribution in [-0.4, -0.2) is 20.8 Å². The van der Waals surface area contributed by atoms with E-state index in [9.17, 15) is 0 Å². The lowest BCUT2D eigenvalue weighted by Crippen LogP contribution is -2.90. The van der Waals surface area contributed by atoms with Crippen LogP contribution in [0, 0.1) is 19.3 Å². The van der Waals surface area contributed by atoms with E-state index in [0.717, 1.165) is 22.8 Å². The van der Waals surface area contributed by atoms with Gasteiger partial charge in [-0.1, -0.05) is 135 Å². The minimum absolute atomic E-state index is 0.0811. The van der Waals surface area contributed by atoms with Crippen LogP contribution >= 0.6 is 0 Å². The fourth-order valence-corrected chi connectivity index (χ4v) is 9.48. The van der Waals surface area contributed by atoms with Gasteiger partial charge in [0.1, 0.15) is 0 Å². The predicted octanol–water partition coefficient (Wildman–Crippen LogP) is 11.1. The number of quaternary nitrogens is 1. The number of rotatable bonds is 5. The minimum atomic E-state index is -0.351. The summed E-state index contributed by atoms with van der Waals surface area (Å²) in [6.45, 7) is 11.5. The Morgan fingerprint density at radius 3 is 1.91 bits per heavy atom. The van der Waals surface area contributed by atoms with Gasteiger partial charge in [0.25, 0.3) is 0 Å². The number of hydrogen-bond donors (Lipinski definition) is 1. The Morgan fingerprint density at radius 1 is 0.618 bits per heavy atom. The number of benzene rings is 6. The molecule has 1 aliphatic carbocycles. The van der Waals surface area contributed by atoms with Crippen molar-refractivity contribution < 1.29 is 5.32 Å². The molecule has 0 saturated heterocycles. The van der Waals surface area contributed by atoms with E-state index in [2.05, 4.69) is 201 Å². The first-order valence-corrected chi connectivity index (χ1v) is 19.3. The van der Waals surface area contributed by atoms with Gasteiger partial charge in [-0.05, 0) is 67.8 Å². The number of allylic oxidation sites excluding steroid dienone is 4. The third kappa shape index (κ3) is 5.18. The highest BCUT2D eigenvalue weighted by Crippen LogP contribution is 2.49. The van der Waals surface area contributed by atoms with Gasteiger partial charge < -0.3 is 9.13 Å². The van der Waals surface area contributed by atoms with Crippen LogP contribution < -0.4 is 5.32 Å². The van der Waals surface area contributed by atoms with E-state index in [4.69, 9.17) is 9.98 Å². The number of nitrogens with zero attached hydrogens (tertiary/aromatic N) is 4. The molecular weight excluding hydrogens is 671 g/mol. The molecule has 0 amide bonds. The van der Waals surface area contributed by atoms with Gasteiger partial charge in [-0.3, -0.25) is 5.32 Å². The molecule has 0 bridgehead atoms. The van der Waals surface area contributed by atoms with E-state index in [0.29, 0.717) is 0 Å². The van der Waals surface area contributed by atoms with Crippen molar-refractivity contribution in [2.75, 3.05) is 0 Å². The molecule has 5 heteroatoms. The normalized spacial score (nSPS) is 18.2. The van der Waals surface area contributed by atoms with Crippen molar-refractivity contribution in [3.63, 3.8) is 0 Å². The summed E-state index contributed by atoms with van der Waals surface area (Å²) in [5.74, 6) is 1.67. The summed E-state index contributed by atoms with van der Waals surface area (Å²) < 4.78 is 5.20. The number of hydrogen-bond acceptors (Lipinski definition) is 2. The van der Waals surface area contributed by atoms with Gasteiger partial charge in [0.2, 0.25) is 12.0 Å². The second-order valence-corrected chi connectivity index (χ2v) is 15.8. The molecule has 5 nitrogen and oxygen atoms in total. The molecule has 2 N–H and O–H groups in total. The number of amidine groups is 2. The zero-order valence-electron chi connectivity index (χ0n) is 32.0. The number of aryl methyl sites for hydroxylation is 2. The molecule has 10 rings (SSSR count). The Kier molecular flexibility index (Phi) is 7.65. The van der Waals surface area contributed by atoms with Gasteiger partial charge >= 0.3 is 0 Å². The van der Waals surface area contributed by atoms with Crippen LogP contribution in [0.1, 0.15) is 60.8 Å². The molecule has 2 unspecified atom stereocenters. The van der Waals surface area contributed by atoms with E-state index < -0.39 is 0 Å². The van der Waals surface area contributed by atoms with Crippen LogP contribution in [0.5, 0.6) is 0 Å². The van der Waals surface area contributed by atoms with Gasteiger partial charge in [0.15, 0.2) is 5.84 Å². The Labute approximate surface area is 321 Å². The molecule has 1 aliphatic heterocycles. The zero-order chi connectivity index (χ0) is 37.4. The third-order valence-electron chi connectivity index (χ3n) is 11.8. The fraction of sp³-hybridized carbons (Fsp3) is 0.160. The van der Waals surface area contributed by atoms with Crippen LogP contribution in [0.25, 0.3) is 49.3 Å². The highest BCUT2D eigenvalue weighted by atomic mass is 15.2. The van der Waals surface area contributed by atoms with Gasteiger partial charge in [-0.15, -0.1) is 0 Å². The van der Waals surface area contributed by atoms with Crippen molar-refractivity contribution in [3.05, 3.63) is 185 Å². The molecule has 8 aromatic rings. The minimum Gasteiger partial charge on any atom is -0.332 e. The standard InChI is InChI=1S/C50H43N5/c1-31-18-16-19-32(2)43(31)54-40-27-14-12-25-36(40)38-30-39-37-26-13-15-28-41(37)55(46-33(3)20-17-29-50(46,4)5)45(39)42(44(38)54)49-52-47(34-21-8-6-9-22-34)51-48(53-49)35-23-10-7-11-24-35/h6-30,46,49H,1-5H3,(H,51,52,53)/p+1. The molecule has 0 radical (unpaired) electrons. The highest BCUT2D eigenvalue weighted by molar-refractivity contribution is 6.21. The Bertz CT molecular complexity index is 2930. The first-order chi connectivity index (χ1) is 26.8. The predicted molar refractivity (Wildman–Crippen MR) is 230 cm³/mol. The Balaban J connectivity index is 1.43. The summed E-state index contributed by atoms with van der Waals surface area (Å²) in [4.78, 5) is 11.0. The zero-order valence-corrected chi connectivity index (χ0v) is 32.0. The molecule has 3 heterocycles. The quantitative estimate of drug-likeness (QED) is 0.185. The Hall–Kier alpha value is -6.30. The SMILES string of the molecule is CC1=CC=CC(C)(C)C1n1c2ccccc2c2cc3c4ccccc4n(-c4c(C)cccc4C)c3c(C3N=C(c4ccccc4)N=C(c4ccccc4)[NH2+]3)c21. The smallest absolute Gasteiger partial charge is 0.235 e. The lowest BCUT2D eigenvalue weighted by atomic mass is 9.77. The van der Waals surface area contributed by atoms with Crippen molar-refractivity contribution in [2.45, 2.75) is 46.8 Å². The van der Waals surface area contributed by atoms with Crippen molar-refractivity contribution in [3.8, 4) is 5.69 Å². The summed E-state index contributed by atoms with van der Waals surface area (Å²) in [6, 6.07) is 48.1. The van der Waals surface area contributed by atoms with Gasteiger partial charge in [0, 0.05) is 38.0 Å². The van der Waals surface area contributed by atoms with Gasteiger partial charge in [0.05, 0.1) is 39.4 Å². The van der Waals surface area contributed by atoms with Gasteiger partial charge in [-0.2, -0.15) is 4.99 Å². The number of aromatic nitrogens is 2. The first-order valence-electron chi connectivity index (χ1n) is 19.3. The van der Waals surface area contributed by atoms with Crippen molar-refractivity contribution in [1.29, 1.82) is 0 Å². The average molecular weight is 715 g/mol. The number of aliphatic imine (C=N–C) groups is 2. The van der Waals surface area contributed by atoms with E-state index >= 15 is 0 Å². The second-order valence-electron chi connectivity index (χ2n) is 15.8. The van der Waals surface area contributed by atoms with Crippen LogP contribution in [0.15, 0.2) is 167 Å². The maximum atomic E-state index is 5.68. The van der Waals surface area contributed by atoms with E-state index in [1.54, 1.807) is 0 Å². The topological polar surface area (TPSA) is 51.2 Å². The molecule has 2 aliphatic rings. The lowest BCUT2D eigenvalue weighted by Gasteiger charge is -2.37. The summed E-state index contributed by atoms with van der Waals surface area (Å²) in [7, 11) is 0.